The molecule has 2 rings (SSSR count). The normalized spacial score (nSPS) is 9.13. The topological polar surface area (TPSA) is 12.9 Å². The van der Waals surface area contributed by atoms with Gasteiger partial charge in [0.15, 0.2) is 0 Å². The Morgan fingerprint density at radius 1 is 0.867 bits per heavy atom. The van der Waals surface area contributed by atoms with Gasteiger partial charge >= 0.3 is 0 Å². The summed E-state index contributed by atoms with van der Waals surface area (Å²) in [5.41, 5.74) is 2.49. The molecule has 79 valence electrons. The molecule has 0 saturated heterocycles. The minimum Gasteiger partial charge on any atom is -0.281 e. The molecule has 0 aliphatic heterocycles. The maximum atomic E-state index is 4.01. The molecule has 0 bridgehead atoms. The van der Waals surface area contributed by atoms with Crippen LogP contribution in [0, 0.1) is 5.92 Å². The standard InChI is InChI=1S/C13H12N.Rh/c1-11(12-5-3-2-4-6-12)13-7-9-14-10-8-13;/h2-10H,1H3;/q-1;. The van der Waals surface area contributed by atoms with Crippen molar-refractivity contribution in [3.63, 3.8) is 0 Å². The molecule has 0 fully saturated rings. The number of nitrogens with zero attached hydrogens (tertiary/aromatic N) is 1. The smallest absolute Gasteiger partial charge is 0 e. The van der Waals surface area contributed by atoms with Crippen LogP contribution in [0.4, 0.5) is 0 Å². The zero-order valence-corrected chi connectivity index (χ0v) is 10.1. The third-order valence-electron chi connectivity index (χ3n) is 2.32. The quantitative estimate of drug-likeness (QED) is 0.610. The van der Waals surface area contributed by atoms with E-state index >= 15 is 0 Å². The number of hydrogen-bond donors (Lipinski definition) is 0. The van der Waals surface area contributed by atoms with Crippen molar-refractivity contribution in [2.45, 2.75) is 6.92 Å². The van der Waals surface area contributed by atoms with Crippen LogP contribution < -0.4 is 0 Å². The third kappa shape index (κ3) is 2.90. The molecule has 0 atom stereocenters. The maximum absolute atomic E-state index is 4.01. The molecule has 0 saturated carbocycles. The predicted octanol–water partition coefficient (Wildman–Crippen LogP) is 3.07. The van der Waals surface area contributed by atoms with E-state index in [0.29, 0.717) is 0 Å². The summed E-state index contributed by atoms with van der Waals surface area (Å²) in [6.07, 6.45) is 3.64. The first-order valence-electron chi connectivity index (χ1n) is 4.67. The molecule has 0 N–H and O–H groups in total. The van der Waals surface area contributed by atoms with Crippen molar-refractivity contribution in [3.05, 3.63) is 71.9 Å². The Morgan fingerprint density at radius 3 is 2.00 bits per heavy atom. The van der Waals surface area contributed by atoms with Crippen LogP contribution in [0.25, 0.3) is 0 Å². The third-order valence-corrected chi connectivity index (χ3v) is 2.32. The van der Waals surface area contributed by atoms with Crippen LogP contribution in [0.5, 0.6) is 0 Å². The molecular weight excluding hydrogens is 273 g/mol. The fraction of sp³-hybridized carbons (Fsp3) is 0.0769. The summed E-state index contributed by atoms with van der Waals surface area (Å²) in [6, 6.07) is 14.4. The first-order valence-corrected chi connectivity index (χ1v) is 4.67. The summed E-state index contributed by atoms with van der Waals surface area (Å²) in [5.74, 6) is 1.29. The van der Waals surface area contributed by atoms with E-state index in [0.717, 1.165) is 0 Å². The Labute approximate surface area is 103 Å². The Bertz CT molecular complexity index is 346. The average molecular weight is 285 g/mol. The first-order chi connectivity index (χ1) is 6.88. The minimum atomic E-state index is 0. The second kappa shape index (κ2) is 5.67. The van der Waals surface area contributed by atoms with E-state index in [1.54, 1.807) is 0 Å². The van der Waals surface area contributed by atoms with Gasteiger partial charge in [-0.1, -0.05) is 25.1 Å². The van der Waals surface area contributed by atoms with Crippen LogP contribution in [-0.2, 0) is 19.5 Å². The van der Waals surface area contributed by atoms with E-state index in [2.05, 4.69) is 36.2 Å². The molecule has 0 aliphatic carbocycles. The van der Waals surface area contributed by atoms with Gasteiger partial charge in [0, 0.05) is 19.5 Å². The van der Waals surface area contributed by atoms with E-state index in [1.165, 1.54) is 17.0 Å². The van der Waals surface area contributed by atoms with Crippen molar-refractivity contribution >= 4 is 0 Å². The Balaban J connectivity index is 0.00000112. The number of benzene rings is 1. The van der Waals surface area contributed by atoms with Gasteiger partial charge in [0.2, 0.25) is 0 Å². The zero-order valence-electron chi connectivity index (χ0n) is 8.48. The van der Waals surface area contributed by atoms with Crippen LogP contribution in [-0.4, -0.2) is 4.98 Å². The largest absolute Gasteiger partial charge is 0.281 e. The molecule has 1 aromatic carbocycles. The van der Waals surface area contributed by atoms with Crippen LogP contribution >= 0.6 is 0 Å². The summed E-state index contributed by atoms with van der Waals surface area (Å²) >= 11 is 0. The van der Waals surface area contributed by atoms with E-state index < -0.39 is 0 Å². The molecule has 1 nitrogen and oxygen atoms in total. The van der Waals surface area contributed by atoms with E-state index in [9.17, 15) is 0 Å². The molecule has 1 aromatic heterocycles. The Hall–Kier alpha value is -1.14. The Kier molecular flexibility index (Phi) is 4.51. The van der Waals surface area contributed by atoms with Crippen molar-refractivity contribution in [2.24, 2.45) is 0 Å². The summed E-state index contributed by atoms with van der Waals surface area (Å²) in [7, 11) is 0. The van der Waals surface area contributed by atoms with Gasteiger partial charge in [-0.15, -0.1) is 41.3 Å². The SMILES string of the molecule is C[C-](c1ccccc1)c1ccncc1.[Rh]. The summed E-state index contributed by atoms with van der Waals surface area (Å²) in [4.78, 5) is 4.01. The number of rotatable bonds is 2. The van der Waals surface area contributed by atoms with Gasteiger partial charge in [0.25, 0.3) is 0 Å². The van der Waals surface area contributed by atoms with Gasteiger partial charge in [-0.25, -0.2) is 0 Å². The number of hydrogen-bond acceptors (Lipinski definition) is 1. The maximum Gasteiger partial charge on any atom is 0 e. The van der Waals surface area contributed by atoms with E-state index in [-0.39, 0.29) is 19.5 Å². The zero-order chi connectivity index (χ0) is 9.80. The van der Waals surface area contributed by atoms with Crippen molar-refractivity contribution in [1.29, 1.82) is 0 Å². The predicted molar refractivity (Wildman–Crippen MR) is 57.8 cm³/mol. The minimum absolute atomic E-state index is 0. The molecule has 15 heavy (non-hydrogen) atoms. The fourth-order valence-corrected chi connectivity index (χ4v) is 1.46. The number of aromatic nitrogens is 1. The van der Waals surface area contributed by atoms with Gasteiger partial charge in [0.05, 0.1) is 0 Å². The van der Waals surface area contributed by atoms with E-state index in [4.69, 9.17) is 0 Å². The molecule has 0 spiro atoms. The van der Waals surface area contributed by atoms with Gasteiger partial charge < -0.3 is 0 Å². The van der Waals surface area contributed by atoms with Crippen LogP contribution in [0.3, 0.4) is 0 Å². The summed E-state index contributed by atoms with van der Waals surface area (Å²) in [6.45, 7) is 2.13. The molecule has 2 aromatic rings. The van der Waals surface area contributed by atoms with Crippen LogP contribution in [0.2, 0.25) is 0 Å². The second-order valence-corrected chi connectivity index (χ2v) is 3.23. The molecule has 1 radical (unpaired) electrons. The summed E-state index contributed by atoms with van der Waals surface area (Å²) < 4.78 is 0. The van der Waals surface area contributed by atoms with Gasteiger partial charge in [-0.2, -0.15) is 0 Å². The summed E-state index contributed by atoms with van der Waals surface area (Å²) in [5, 5.41) is 0. The van der Waals surface area contributed by atoms with Crippen LogP contribution in [0.1, 0.15) is 18.1 Å². The molecule has 0 aliphatic rings. The number of pyridine rings is 1. The molecule has 0 amide bonds. The second-order valence-electron chi connectivity index (χ2n) is 3.23. The van der Waals surface area contributed by atoms with Crippen molar-refractivity contribution < 1.29 is 19.5 Å². The van der Waals surface area contributed by atoms with Gasteiger partial charge in [0.1, 0.15) is 0 Å². The monoisotopic (exact) mass is 285 g/mol. The Morgan fingerprint density at radius 2 is 1.40 bits per heavy atom. The first kappa shape index (κ1) is 11.9. The van der Waals surface area contributed by atoms with Crippen molar-refractivity contribution in [2.75, 3.05) is 0 Å². The molecular formula is C13H12NRh-. The molecule has 2 heteroatoms. The van der Waals surface area contributed by atoms with E-state index in [1.807, 2.05) is 30.6 Å². The van der Waals surface area contributed by atoms with Gasteiger partial charge in [-0.3, -0.25) is 4.98 Å². The fourth-order valence-electron chi connectivity index (χ4n) is 1.46. The molecule has 1 heterocycles. The van der Waals surface area contributed by atoms with Crippen LogP contribution in [0.15, 0.2) is 54.9 Å². The van der Waals surface area contributed by atoms with Crippen molar-refractivity contribution in [3.8, 4) is 0 Å². The van der Waals surface area contributed by atoms with Gasteiger partial charge in [-0.05, 0) is 12.4 Å². The molecule has 0 unspecified atom stereocenters. The van der Waals surface area contributed by atoms with Crippen molar-refractivity contribution in [1.82, 2.24) is 4.98 Å². The average Bonchev–Trinajstić information content (AvgIpc) is 2.30.